The van der Waals surface area contributed by atoms with Crippen LogP contribution in [0.25, 0.3) is 0 Å². The van der Waals surface area contributed by atoms with Gasteiger partial charge in [0.1, 0.15) is 5.75 Å². The first-order chi connectivity index (χ1) is 9.12. The lowest BCUT2D eigenvalue weighted by Crippen LogP contribution is -2.32. The molecule has 2 atom stereocenters. The molecule has 1 rings (SSSR count). The zero-order chi connectivity index (χ0) is 14.3. The van der Waals surface area contributed by atoms with Gasteiger partial charge in [-0.25, -0.2) is 0 Å². The number of methoxy groups -OCH3 is 1. The van der Waals surface area contributed by atoms with Gasteiger partial charge in [0.25, 0.3) is 0 Å². The second kappa shape index (κ2) is 8.21. The molecule has 0 radical (unpaired) electrons. The van der Waals surface area contributed by atoms with Crippen molar-refractivity contribution < 1.29 is 4.74 Å². The van der Waals surface area contributed by atoms with Crippen molar-refractivity contribution in [3.8, 4) is 5.75 Å². The Balaban J connectivity index is 2.73. The molecule has 0 bridgehead atoms. The fraction of sp³-hybridized carbons (Fsp3) is 0.647. The molecule has 0 aliphatic carbocycles. The largest absolute Gasteiger partial charge is 0.496 e. The van der Waals surface area contributed by atoms with Crippen LogP contribution in [0.1, 0.15) is 50.7 Å². The Morgan fingerprint density at radius 3 is 2.58 bits per heavy atom. The van der Waals surface area contributed by atoms with E-state index in [2.05, 4.69) is 32.9 Å². The maximum atomic E-state index is 6.42. The Morgan fingerprint density at radius 2 is 2.00 bits per heavy atom. The van der Waals surface area contributed by atoms with Crippen LogP contribution in [0, 0.1) is 12.8 Å². The summed E-state index contributed by atoms with van der Waals surface area (Å²) in [4.78, 5) is 0. The topological polar surface area (TPSA) is 35.2 Å². The minimum atomic E-state index is 0.229. The quantitative estimate of drug-likeness (QED) is 0.766. The summed E-state index contributed by atoms with van der Waals surface area (Å²) in [5.74, 6) is 1.58. The molecular formula is C17H29NO. The average Bonchev–Trinajstić information content (AvgIpc) is 2.40. The first kappa shape index (κ1) is 16.0. The lowest BCUT2D eigenvalue weighted by atomic mass is 9.87. The molecule has 2 N–H and O–H groups in total. The maximum Gasteiger partial charge on any atom is 0.122 e. The van der Waals surface area contributed by atoms with Crippen molar-refractivity contribution in [2.75, 3.05) is 7.11 Å². The first-order valence-corrected chi connectivity index (χ1v) is 7.51. The standard InChI is InChI=1S/C17H29NO/c1-5-7-8-14(6-2)16(18)12-15-11-13(3)9-10-17(15)19-4/h9-11,14,16H,5-8,12,18H2,1-4H3. The Kier molecular flexibility index (Phi) is 6.93. The van der Waals surface area contributed by atoms with Crippen molar-refractivity contribution in [2.24, 2.45) is 11.7 Å². The normalized spacial score (nSPS) is 14.2. The van der Waals surface area contributed by atoms with Gasteiger partial charge in [0.05, 0.1) is 7.11 Å². The van der Waals surface area contributed by atoms with Crippen LogP contribution in [0.15, 0.2) is 18.2 Å². The van der Waals surface area contributed by atoms with Gasteiger partial charge in [0.15, 0.2) is 0 Å². The number of benzene rings is 1. The summed E-state index contributed by atoms with van der Waals surface area (Å²) in [5.41, 5.74) is 8.93. The van der Waals surface area contributed by atoms with E-state index in [1.165, 1.54) is 30.4 Å². The van der Waals surface area contributed by atoms with Gasteiger partial charge in [-0.3, -0.25) is 0 Å². The molecule has 0 fully saturated rings. The third-order valence-electron chi connectivity index (χ3n) is 3.95. The molecule has 19 heavy (non-hydrogen) atoms. The van der Waals surface area contributed by atoms with Crippen LogP contribution in [-0.4, -0.2) is 13.2 Å². The van der Waals surface area contributed by atoms with Gasteiger partial charge in [0.2, 0.25) is 0 Å². The number of aryl methyl sites for hydroxylation is 1. The van der Waals surface area contributed by atoms with E-state index >= 15 is 0 Å². The SMILES string of the molecule is CCCCC(CC)C(N)Cc1cc(C)ccc1OC. The van der Waals surface area contributed by atoms with Crippen molar-refractivity contribution in [2.45, 2.75) is 58.9 Å². The van der Waals surface area contributed by atoms with Crippen molar-refractivity contribution in [3.05, 3.63) is 29.3 Å². The van der Waals surface area contributed by atoms with Gasteiger partial charge in [-0.2, -0.15) is 0 Å². The van der Waals surface area contributed by atoms with E-state index in [0.29, 0.717) is 5.92 Å². The van der Waals surface area contributed by atoms with Gasteiger partial charge in [-0.1, -0.05) is 50.8 Å². The Labute approximate surface area is 118 Å². The van der Waals surface area contributed by atoms with E-state index in [1.807, 2.05) is 6.07 Å². The summed E-state index contributed by atoms with van der Waals surface area (Å²) in [6.45, 7) is 6.60. The predicted molar refractivity (Wildman–Crippen MR) is 82.7 cm³/mol. The molecule has 0 spiro atoms. The molecule has 1 aromatic rings. The third kappa shape index (κ3) is 4.87. The van der Waals surface area contributed by atoms with E-state index in [-0.39, 0.29) is 6.04 Å². The Hall–Kier alpha value is -1.02. The molecule has 0 saturated heterocycles. The van der Waals surface area contributed by atoms with Crippen molar-refractivity contribution in [1.82, 2.24) is 0 Å². The second-order valence-corrected chi connectivity index (χ2v) is 5.49. The van der Waals surface area contributed by atoms with Crippen LogP contribution in [0.4, 0.5) is 0 Å². The van der Waals surface area contributed by atoms with E-state index in [1.54, 1.807) is 7.11 Å². The zero-order valence-electron chi connectivity index (χ0n) is 12.9. The molecular weight excluding hydrogens is 234 g/mol. The highest BCUT2D eigenvalue weighted by Crippen LogP contribution is 2.24. The molecule has 0 aromatic heterocycles. The lowest BCUT2D eigenvalue weighted by molar-refractivity contribution is 0.360. The minimum Gasteiger partial charge on any atom is -0.496 e. The van der Waals surface area contributed by atoms with Crippen LogP contribution in [-0.2, 0) is 6.42 Å². The average molecular weight is 263 g/mol. The molecule has 2 unspecified atom stereocenters. The van der Waals surface area contributed by atoms with Crippen LogP contribution in [0.3, 0.4) is 0 Å². The van der Waals surface area contributed by atoms with E-state index in [4.69, 9.17) is 10.5 Å². The smallest absolute Gasteiger partial charge is 0.122 e. The number of ether oxygens (including phenoxy) is 1. The number of rotatable bonds is 8. The molecule has 1 aromatic carbocycles. The summed E-state index contributed by atoms with van der Waals surface area (Å²) < 4.78 is 5.44. The number of hydrogen-bond donors (Lipinski definition) is 1. The van der Waals surface area contributed by atoms with Crippen LogP contribution in [0.2, 0.25) is 0 Å². The Morgan fingerprint density at radius 1 is 1.26 bits per heavy atom. The summed E-state index contributed by atoms with van der Waals surface area (Å²) in [6.07, 6.45) is 5.83. The highest BCUT2D eigenvalue weighted by molar-refractivity contribution is 5.37. The van der Waals surface area contributed by atoms with Crippen molar-refractivity contribution in [3.63, 3.8) is 0 Å². The van der Waals surface area contributed by atoms with Gasteiger partial charge in [-0.05, 0) is 37.3 Å². The number of nitrogens with two attached hydrogens (primary N) is 1. The summed E-state index contributed by atoms with van der Waals surface area (Å²) >= 11 is 0. The van der Waals surface area contributed by atoms with E-state index in [0.717, 1.165) is 18.6 Å². The van der Waals surface area contributed by atoms with Gasteiger partial charge < -0.3 is 10.5 Å². The highest BCUT2D eigenvalue weighted by Gasteiger charge is 2.17. The lowest BCUT2D eigenvalue weighted by Gasteiger charge is -2.23. The number of hydrogen-bond acceptors (Lipinski definition) is 2. The molecule has 0 heterocycles. The molecule has 0 aliphatic heterocycles. The van der Waals surface area contributed by atoms with Gasteiger partial charge >= 0.3 is 0 Å². The molecule has 0 amide bonds. The summed E-state index contributed by atoms with van der Waals surface area (Å²) in [7, 11) is 1.73. The first-order valence-electron chi connectivity index (χ1n) is 7.51. The number of unbranched alkanes of at least 4 members (excludes halogenated alkanes) is 1. The highest BCUT2D eigenvalue weighted by atomic mass is 16.5. The predicted octanol–water partition coefficient (Wildman–Crippen LogP) is 4.09. The third-order valence-corrected chi connectivity index (χ3v) is 3.95. The minimum absolute atomic E-state index is 0.229. The fourth-order valence-electron chi connectivity index (χ4n) is 2.67. The molecule has 0 aliphatic rings. The van der Waals surface area contributed by atoms with E-state index in [9.17, 15) is 0 Å². The second-order valence-electron chi connectivity index (χ2n) is 5.49. The van der Waals surface area contributed by atoms with Crippen LogP contribution >= 0.6 is 0 Å². The fourth-order valence-corrected chi connectivity index (χ4v) is 2.67. The molecule has 0 saturated carbocycles. The van der Waals surface area contributed by atoms with E-state index < -0.39 is 0 Å². The molecule has 108 valence electrons. The maximum absolute atomic E-state index is 6.42. The van der Waals surface area contributed by atoms with Gasteiger partial charge in [0, 0.05) is 6.04 Å². The van der Waals surface area contributed by atoms with Crippen LogP contribution < -0.4 is 10.5 Å². The summed E-state index contributed by atoms with van der Waals surface area (Å²) in [5, 5.41) is 0. The zero-order valence-corrected chi connectivity index (χ0v) is 12.9. The van der Waals surface area contributed by atoms with Crippen molar-refractivity contribution in [1.29, 1.82) is 0 Å². The van der Waals surface area contributed by atoms with Gasteiger partial charge in [-0.15, -0.1) is 0 Å². The van der Waals surface area contributed by atoms with Crippen molar-refractivity contribution >= 4 is 0 Å². The molecule has 2 nitrogen and oxygen atoms in total. The monoisotopic (exact) mass is 263 g/mol. The van der Waals surface area contributed by atoms with Crippen LogP contribution in [0.5, 0.6) is 5.75 Å². The molecule has 2 heteroatoms. The Bertz CT molecular complexity index is 376. The summed E-state index contributed by atoms with van der Waals surface area (Å²) in [6, 6.07) is 6.56.